The molecule has 0 bridgehead atoms. The molecular formula is C21H23ClN4OS. The van der Waals surface area contributed by atoms with Crippen LogP contribution in [0.15, 0.2) is 36.4 Å². The lowest BCUT2D eigenvalue weighted by Gasteiger charge is -2.34. The summed E-state index contributed by atoms with van der Waals surface area (Å²) in [6.45, 7) is 7.73. The van der Waals surface area contributed by atoms with E-state index in [9.17, 15) is 4.79 Å². The van der Waals surface area contributed by atoms with Crippen molar-refractivity contribution in [1.82, 2.24) is 15.2 Å². The number of piperazine rings is 1. The van der Waals surface area contributed by atoms with Crippen molar-refractivity contribution >= 4 is 44.3 Å². The molecule has 0 atom stereocenters. The first-order valence-corrected chi connectivity index (χ1v) is 10.6. The van der Waals surface area contributed by atoms with Gasteiger partial charge in [0.1, 0.15) is 0 Å². The number of carbonyl (C=O) groups is 1. The lowest BCUT2D eigenvalue weighted by Crippen LogP contribution is -2.51. The van der Waals surface area contributed by atoms with Gasteiger partial charge in [-0.15, -0.1) is 0 Å². The number of carbonyl (C=O) groups excluding carboxylic acids is 1. The SMILES string of the molecule is Cc1ccc(C)c2sc(N3CCN(C(=O)NCc4ccc(Cl)cc4)CC3)nc12. The zero-order chi connectivity index (χ0) is 19.7. The van der Waals surface area contributed by atoms with E-state index in [0.29, 0.717) is 24.7 Å². The van der Waals surface area contributed by atoms with Crippen LogP contribution in [0.25, 0.3) is 10.2 Å². The minimum Gasteiger partial charge on any atom is -0.345 e. The van der Waals surface area contributed by atoms with Gasteiger partial charge >= 0.3 is 6.03 Å². The van der Waals surface area contributed by atoms with Crippen LogP contribution in [-0.4, -0.2) is 42.1 Å². The first-order valence-electron chi connectivity index (χ1n) is 9.40. The number of aromatic nitrogens is 1. The number of anilines is 1. The van der Waals surface area contributed by atoms with Crippen molar-refractivity contribution in [3.63, 3.8) is 0 Å². The average molecular weight is 415 g/mol. The van der Waals surface area contributed by atoms with Crippen LogP contribution >= 0.6 is 22.9 Å². The summed E-state index contributed by atoms with van der Waals surface area (Å²) in [6.07, 6.45) is 0. The summed E-state index contributed by atoms with van der Waals surface area (Å²) in [6, 6.07) is 11.8. The van der Waals surface area contributed by atoms with Gasteiger partial charge in [-0.2, -0.15) is 0 Å². The van der Waals surface area contributed by atoms with Gasteiger partial charge in [-0.1, -0.05) is 47.2 Å². The van der Waals surface area contributed by atoms with Gasteiger partial charge in [-0.3, -0.25) is 0 Å². The van der Waals surface area contributed by atoms with Crippen LogP contribution in [0.2, 0.25) is 5.02 Å². The molecule has 1 aromatic heterocycles. The Morgan fingerprint density at radius 1 is 1.07 bits per heavy atom. The molecule has 0 radical (unpaired) electrons. The Morgan fingerprint density at radius 3 is 2.43 bits per heavy atom. The molecule has 146 valence electrons. The van der Waals surface area contributed by atoms with E-state index in [1.54, 1.807) is 11.3 Å². The van der Waals surface area contributed by atoms with Crippen molar-refractivity contribution in [2.45, 2.75) is 20.4 Å². The predicted molar refractivity (Wildman–Crippen MR) is 117 cm³/mol. The highest BCUT2D eigenvalue weighted by molar-refractivity contribution is 7.22. The fourth-order valence-electron chi connectivity index (χ4n) is 3.38. The predicted octanol–water partition coefficient (Wildman–Crippen LogP) is 4.60. The Morgan fingerprint density at radius 2 is 1.75 bits per heavy atom. The van der Waals surface area contributed by atoms with E-state index >= 15 is 0 Å². The third kappa shape index (κ3) is 3.93. The molecule has 1 aliphatic heterocycles. The van der Waals surface area contributed by atoms with Gasteiger partial charge in [0.2, 0.25) is 0 Å². The number of aryl methyl sites for hydroxylation is 2. The number of thiazole rings is 1. The second-order valence-electron chi connectivity index (χ2n) is 7.13. The number of hydrogen-bond acceptors (Lipinski definition) is 4. The molecule has 0 aliphatic carbocycles. The smallest absolute Gasteiger partial charge is 0.317 e. The van der Waals surface area contributed by atoms with Gasteiger partial charge in [0.15, 0.2) is 5.13 Å². The molecule has 0 saturated carbocycles. The highest BCUT2D eigenvalue weighted by atomic mass is 35.5. The molecule has 5 nitrogen and oxygen atoms in total. The molecule has 3 aromatic rings. The van der Waals surface area contributed by atoms with Crippen molar-refractivity contribution in [2.75, 3.05) is 31.1 Å². The lowest BCUT2D eigenvalue weighted by atomic mass is 10.1. The Balaban J connectivity index is 1.35. The van der Waals surface area contributed by atoms with Crippen molar-refractivity contribution in [2.24, 2.45) is 0 Å². The van der Waals surface area contributed by atoms with E-state index in [0.717, 1.165) is 29.3 Å². The van der Waals surface area contributed by atoms with Crippen molar-refractivity contribution in [3.05, 3.63) is 58.1 Å². The van der Waals surface area contributed by atoms with Gasteiger partial charge < -0.3 is 15.1 Å². The van der Waals surface area contributed by atoms with Gasteiger partial charge in [0, 0.05) is 37.7 Å². The van der Waals surface area contributed by atoms with Crippen LogP contribution in [0, 0.1) is 13.8 Å². The van der Waals surface area contributed by atoms with Gasteiger partial charge in [-0.25, -0.2) is 9.78 Å². The van der Waals surface area contributed by atoms with Gasteiger partial charge in [-0.05, 0) is 42.7 Å². The molecule has 1 N–H and O–H groups in total. The number of hydrogen-bond donors (Lipinski definition) is 1. The Kier molecular flexibility index (Phi) is 5.42. The number of amides is 2. The van der Waals surface area contributed by atoms with Gasteiger partial charge in [0.05, 0.1) is 10.2 Å². The number of fused-ring (bicyclic) bond motifs is 1. The Labute approximate surface area is 173 Å². The molecule has 28 heavy (non-hydrogen) atoms. The average Bonchev–Trinajstić information content (AvgIpc) is 3.17. The van der Waals surface area contributed by atoms with Crippen LogP contribution in [0.1, 0.15) is 16.7 Å². The number of nitrogens with zero attached hydrogens (tertiary/aromatic N) is 3. The highest BCUT2D eigenvalue weighted by Gasteiger charge is 2.23. The minimum atomic E-state index is -0.0226. The maximum absolute atomic E-state index is 12.5. The zero-order valence-electron chi connectivity index (χ0n) is 16.0. The largest absolute Gasteiger partial charge is 0.345 e. The molecular weight excluding hydrogens is 392 g/mol. The maximum atomic E-state index is 12.5. The van der Waals surface area contributed by atoms with E-state index in [2.05, 4.69) is 36.2 Å². The van der Waals surface area contributed by atoms with Crippen LogP contribution in [0.4, 0.5) is 9.93 Å². The fourth-order valence-corrected chi connectivity index (χ4v) is 4.67. The van der Waals surface area contributed by atoms with E-state index in [-0.39, 0.29) is 6.03 Å². The molecule has 2 aromatic carbocycles. The molecule has 1 fully saturated rings. The monoisotopic (exact) mass is 414 g/mol. The van der Waals surface area contributed by atoms with E-state index in [1.807, 2.05) is 29.2 Å². The van der Waals surface area contributed by atoms with Crippen molar-refractivity contribution in [3.8, 4) is 0 Å². The first kappa shape index (κ1) is 19.0. The molecule has 4 rings (SSSR count). The first-order chi connectivity index (χ1) is 13.5. The molecule has 7 heteroatoms. The highest BCUT2D eigenvalue weighted by Crippen LogP contribution is 2.33. The van der Waals surface area contributed by atoms with Crippen LogP contribution < -0.4 is 10.2 Å². The topological polar surface area (TPSA) is 48.5 Å². The molecule has 1 saturated heterocycles. The quantitative estimate of drug-likeness (QED) is 0.681. The summed E-state index contributed by atoms with van der Waals surface area (Å²) in [4.78, 5) is 21.5. The number of urea groups is 1. The number of halogens is 1. The summed E-state index contributed by atoms with van der Waals surface area (Å²) >= 11 is 7.65. The number of benzene rings is 2. The van der Waals surface area contributed by atoms with Crippen molar-refractivity contribution in [1.29, 1.82) is 0 Å². The second kappa shape index (κ2) is 7.97. The normalized spacial score (nSPS) is 14.5. The summed E-state index contributed by atoms with van der Waals surface area (Å²) in [5.41, 5.74) is 4.62. The molecule has 1 aliphatic rings. The Hall–Kier alpha value is -2.31. The summed E-state index contributed by atoms with van der Waals surface area (Å²) in [7, 11) is 0. The van der Waals surface area contributed by atoms with Crippen LogP contribution in [0.3, 0.4) is 0 Å². The molecule has 2 amide bonds. The Bertz CT molecular complexity index is 955. The lowest BCUT2D eigenvalue weighted by molar-refractivity contribution is 0.194. The maximum Gasteiger partial charge on any atom is 0.317 e. The third-order valence-corrected chi connectivity index (χ3v) is 6.63. The van der Waals surface area contributed by atoms with Gasteiger partial charge in [0.25, 0.3) is 0 Å². The summed E-state index contributed by atoms with van der Waals surface area (Å²) in [5, 5.41) is 4.74. The van der Waals surface area contributed by atoms with Crippen LogP contribution in [0.5, 0.6) is 0 Å². The van der Waals surface area contributed by atoms with E-state index in [1.165, 1.54) is 15.8 Å². The third-order valence-electron chi connectivity index (χ3n) is 5.13. The zero-order valence-corrected chi connectivity index (χ0v) is 17.6. The standard InChI is InChI=1S/C21H23ClN4OS/c1-14-3-4-15(2)19-18(14)24-21(28-19)26-11-9-25(10-12-26)20(27)23-13-16-5-7-17(22)8-6-16/h3-8H,9-13H2,1-2H3,(H,23,27). The fraction of sp³-hybridized carbons (Fsp3) is 0.333. The minimum absolute atomic E-state index is 0.0226. The van der Waals surface area contributed by atoms with Crippen molar-refractivity contribution < 1.29 is 4.79 Å². The molecule has 0 unspecified atom stereocenters. The molecule has 0 spiro atoms. The molecule has 2 heterocycles. The van der Waals surface area contributed by atoms with Crippen LogP contribution in [-0.2, 0) is 6.54 Å². The summed E-state index contributed by atoms with van der Waals surface area (Å²) in [5.74, 6) is 0. The second-order valence-corrected chi connectivity index (χ2v) is 8.55. The van der Waals surface area contributed by atoms with E-state index in [4.69, 9.17) is 16.6 Å². The number of nitrogens with one attached hydrogen (secondary N) is 1. The number of rotatable bonds is 3. The summed E-state index contributed by atoms with van der Waals surface area (Å²) < 4.78 is 1.26. The van der Waals surface area contributed by atoms with E-state index < -0.39 is 0 Å².